The first-order valence-electron chi connectivity index (χ1n) is 7.75. The molecule has 3 N–H and O–H groups in total. The molecule has 0 unspecified atom stereocenters. The normalized spacial score (nSPS) is 13.9. The molecule has 0 aromatic rings. The average molecular weight is 330 g/mol. The second-order valence-corrected chi connectivity index (χ2v) is 6.33. The fourth-order valence-electron chi connectivity index (χ4n) is 1.84. The van der Waals surface area contributed by atoms with E-state index < -0.39 is 29.6 Å². The highest BCUT2D eigenvalue weighted by Gasteiger charge is 2.33. The van der Waals surface area contributed by atoms with E-state index in [0.717, 1.165) is 5.01 Å². The fraction of sp³-hybridized carbons (Fsp3) is 0.800. The van der Waals surface area contributed by atoms with Crippen molar-refractivity contribution in [2.75, 3.05) is 20.6 Å². The van der Waals surface area contributed by atoms with Gasteiger partial charge in [0.1, 0.15) is 11.6 Å². The molecule has 2 atom stereocenters. The summed E-state index contributed by atoms with van der Waals surface area (Å²) in [5.74, 6) is -1.11. The predicted molar refractivity (Wildman–Crippen MR) is 87.5 cm³/mol. The van der Waals surface area contributed by atoms with Gasteiger partial charge < -0.3 is 15.4 Å². The number of hydrogen-bond donors (Lipinski definition) is 3. The van der Waals surface area contributed by atoms with Crippen molar-refractivity contribution in [2.45, 2.75) is 52.7 Å². The Balaban J connectivity index is 5.18. The summed E-state index contributed by atoms with van der Waals surface area (Å²) in [7, 11) is 3.09. The van der Waals surface area contributed by atoms with Gasteiger partial charge in [-0.05, 0) is 33.7 Å². The molecule has 0 heterocycles. The van der Waals surface area contributed by atoms with Gasteiger partial charge in [0.15, 0.2) is 0 Å². The van der Waals surface area contributed by atoms with Crippen LogP contribution in [0.25, 0.3) is 0 Å². The van der Waals surface area contributed by atoms with Gasteiger partial charge in [-0.15, -0.1) is 0 Å². The Morgan fingerprint density at radius 2 is 1.74 bits per heavy atom. The molecule has 8 heteroatoms. The Morgan fingerprint density at radius 1 is 1.17 bits per heavy atom. The highest BCUT2D eigenvalue weighted by molar-refractivity contribution is 5.99. The number of hydrazine groups is 1. The Kier molecular flexibility index (Phi) is 8.78. The van der Waals surface area contributed by atoms with E-state index >= 15 is 0 Å². The van der Waals surface area contributed by atoms with Crippen LogP contribution in [-0.4, -0.2) is 55.2 Å². The lowest BCUT2D eigenvalue weighted by atomic mass is 9.98. The maximum atomic E-state index is 12.6. The molecule has 134 valence electrons. The van der Waals surface area contributed by atoms with E-state index in [0.29, 0.717) is 6.42 Å². The number of nitrogens with one attached hydrogen (secondary N) is 3. The lowest BCUT2D eigenvalue weighted by molar-refractivity contribution is -0.150. The van der Waals surface area contributed by atoms with Crippen molar-refractivity contribution in [1.82, 2.24) is 21.1 Å². The van der Waals surface area contributed by atoms with Crippen LogP contribution in [0, 0.1) is 5.92 Å². The third-order valence-corrected chi connectivity index (χ3v) is 3.17. The van der Waals surface area contributed by atoms with Gasteiger partial charge >= 0.3 is 6.09 Å². The molecule has 0 saturated heterocycles. The molecule has 0 radical (unpaired) electrons. The smallest absolute Gasteiger partial charge is 0.408 e. The van der Waals surface area contributed by atoms with E-state index in [9.17, 15) is 14.4 Å². The molecule has 0 rings (SSSR count). The summed E-state index contributed by atoms with van der Waals surface area (Å²) in [5.41, 5.74) is 1.90. The maximum Gasteiger partial charge on any atom is 0.408 e. The zero-order valence-electron chi connectivity index (χ0n) is 15.1. The first-order chi connectivity index (χ1) is 10.6. The molecule has 0 aliphatic heterocycles. The molecule has 0 aromatic carbocycles. The molecule has 0 aromatic heterocycles. The van der Waals surface area contributed by atoms with Crippen molar-refractivity contribution in [1.29, 1.82) is 0 Å². The molecular weight excluding hydrogens is 300 g/mol. The molecular formula is C15H30N4O4. The number of rotatable bonds is 7. The third kappa shape index (κ3) is 7.43. The van der Waals surface area contributed by atoms with E-state index in [1.54, 1.807) is 27.8 Å². The Hall–Kier alpha value is -1.67. The molecule has 0 aliphatic carbocycles. The van der Waals surface area contributed by atoms with Gasteiger partial charge in [0.2, 0.25) is 0 Å². The Morgan fingerprint density at radius 3 is 2.13 bits per heavy atom. The van der Waals surface area contributed by atoms with Crippen LogP contribution in [0.15, 0.2) is 0 Å². The van der Waals surface area contributed by atoms with Crippen LogP contribution >= 0.6 is 0 Å². The van der Waals surface area contributed by atoms with Crippen LogP contribution in [0.3, 0.4) is 0 Å². The largest absolute Gasteiger partial charge is 0.444 e. The van der Waals surface area contributed by atoms with Gasteiger partial charge in [-0.2, -0.15) is 0 Å². The number of hydrogen-bond acceptors (Lipinski definition) is 6. The summed E-state index contributed by atoms with van der Waals surface area (Å²) in [5, 5.41) is 6.17. The lowest BCUT2D eigenvalue weighted by Crippen LogP contribution is -2.58. The molecule has 23 heavy (non-hydrogen) atoms. The first-order valence-corrected chi connectivity index (χ1v) is 7.75. The molecule has 0 aliphatic rings. The molecule has 0 saturated carbocycles. The van der Waals surface area contributed by atoms with Gasteiger partial charge in [-0.25, -0.2) is 15.2 Å². The van der Waals surface area contributed by atoms with E-state index in [4.69, 9.17) is 4.74 Å². The molecule has 0 bridgehead atoms. The van der Waals surface area contributed by atoms with Crippen molar-refractivity contribution < 1.29 is 19.1 Å². The second kappa shape index (κ2) is 9.46. The summed E-state index contributed by atoms with van der Waals surface area (Å²) < 4.78 is 5.20. The minimum absolute atomic E-state index is 0.00619. The van der Waals surface area contributed by atoms with Gasteiger partial charge in [-0.3, -0.25) is 9.59 Å². The van der Waals surface area contributed by atoms with Crippen LogP contribution in [0.4, 0.5) is 4.79 Å². The first kappa shape index (κ1) is 21.3. The number of likely N-dealkylation sites (N-methyl/N-ethyl adjacent to an activating group) is 1. The fourth-order valence-corrected chi connectivity index (χ4v) is 1.84. The zero-order valence-corrected chi connectivity index (χ0v) is 15.1. The maximum absolute atomic E-state index is 12.6. The minimum Gasteiger partial charge on any atom is -0.444 e. The standard InChI is InChI=1S/C15H30N4O4/c1-8-10(2)12(18-14(22)23-15(3,4)5)13(21)19(17-7)11(20)9-16-6/h10,12,16-17H,8-9H2,1-7H3,(H,18,22)/t10-,12-/m0/s1. The number of alkyl carbamates (subject to hydrolysis) is 1. The summed E-state index contributed by atoms with van der Waals surface area (Å²) in [4.78, 5) is 36.6. The summed E-state index contributed by atoms with van der Waals surface area (Å²) in [6, 6.07) is -0.858. The van der Waals surface area contributed by atoms with Crippen LogP contribution in [0.1, 0.15) is 41.0 Å². The third-order valence-electron chi connectivity index (χ3n) is 3.17. The van der Waals surface area contributed by atoms with Crippen molar-refractivity contribution >= 4 is 17.9 Å². The number of imide groups is 1. The highest BCUT2D eigenvalue weighted by Crippen LogP contribution is 2.13. The lowest BCUT2D eigenvalue weighted by Gasteiger charge is -2.29. The Labute approximate surface area is 138 Å². The van der Waals surface area contributed by atoms with Gasteiger partial charge in [-0.1, -0.05) is 20.3 Å². The Bertz CT molecular complexity index is 420. The molecule has 0 spiro atoms. The SMILES string of the molecule is CC[C@H](C)[C@H](NC(=O)OC(C)(C)C)C(=O)N(NC)C(=O)CNC. The van der Waals surface area contributed by atoms with Crippen molar-refractivity contribution in [2.24, 2.45) is 5.92 Å². The summed E-state index contributed by atoms with van der Waals surface area (Å²) in [6.07, 6.45) is -0.0301. The van der Waals surface area contributed by atoms with Gasteiger partial charge in [0.25, 0.3) is 11.8 Å². The quantitative estimate of drug-likeness (QED) is 0.592. The van der Waals surface area contributed by atoms with Crippen LogP contribution in [0.5, 0.6) is 0 Å². The van der Waals surface area contributed by atoms with Crippen molar-refractivity contribution in [3.8, 4) is 0 Å². The number of carbonyl (C=O) groups excluding carboxylic acids is 3. The molecule has 0 fully saturated rings. The average Bonchev–Trinajstić information content (AvgIpc) is 2.43. The van der Waals surface area contributed by atoms with Gasteiger partial charge in [0.05, 0.1) is 6.54 Å². The predicted octanol–water partition coefficient (Wildman–Crippen LogP) is 0.635. The van der Waals surface area contributed by atoms with Crippen molar-refractivity contribution in [3.05, 3.63) is 0 Å². The van der Waals surface area contributed by atoms with Gasteiger partial charge in [0, 0.05) is 7.05 Å². The van der Waals surface area contributed by atoms with Crippen LogP contribution in [0.2, 0.25) is 0 Å². The highest BCUT2D eigenvalue weighted by atomic mass is 16.6. The minimum atomic E-state index is -0.858. The van der Waals surface area contributed by atoms with E-state index in [1.807, 2.05) is 13.8 Å². The number of ether oxygens (including phenoxy) is 1. The number of carbonyl (C=O) groups is 3. The zero-order chi connectivity index (χ0) is 18.2. The topological polar surface area (TPSA) is 99.8 Å². The summed E-state index contributed by atoms with van der Waals surface area (Å²) in [6.45, 7) is 8.96. The summed E-state index contributed by atoms with van der Waals surface area (Å²) >= 11 is 0. The van der Waals surface area contributed by atoms with Crippen LogP contribution in [-0.2, 0) is 14.3 Å². The number of amides is 3. The monoisotopic (exact) mass is 330 g/mol. The van der Waals surface area contributed by atoms with E-state index in [-0.39, 0.29) is 12.5 Å². The molecule has 8 nitrogen and oxygen atoms in total. The van der Waals surface area contributed by atoms with Crippen molar-refractivity contribution in [3.63, 3.8) is 0 Å². The number of nitrogens with zero attached hydrogens (tertiary/aromatic N) is 1. The van der Waals surface area contributed by atoms with E-state index in [1.165, 1.54) is 7.05 Å². The molecule has 3 amide bonds. The van der Waals surface area contributed by atoms with Crippen LogP contribution < -0.4 is 16.1 Å². The second-order valence-electron chi connectivity index (χ2n) is 6.33. The van der Waals surface area contributed by atoms with E-state index in [2.05, 4.69) is 16.1 Å².